The fourth-order valence-electron chi connectivity index (χ4n) is 3.83. The number of hydrogen-bond acceptors (Lipinski definition) is 5. The molecule has 1 aromatic carbocycles. The monoisotopic (exact) mass is 370 g/mol. The summed E-state index contributed by atoms with van der Waals surface area (Å²) in [6.45, 7) is 1.34. The van der Waals surface area contributed by atoms with Crippen LogP contribution in [0.1, 0.15) is 28.2 Å². The number of pyridine rings is 1. The minimum Gasteiger partial charge on any atom is -0.483 e. The molecule has 1 fully saturated rings. The summed E-state index contributed by atoms with van der Waals surface area (Å²) in [5.41, 5.74) is 0.651. The number of aliphatic hydroxyl groups is 1. The van der Waals surface area contributed by atoms with Gasteiger partial charge in [0.15, 0.2) is 11.4 Å². The van der Waals surface area contributed by atoms with Crippen LogP contribution in [-0.4, -0.2) is 46.3 Å². The topological polar surface area (TPSA) is 81.0 Å². The van der Waals surface area contributed by atoms with E-state index in [2.05, 4.69) is 0 Å². The minimum atomic E-state index is -0.459. The van der Waals surface area contributed by atoms with Crippen molar-refractivity contribution in [2.24, 2.45) is 0 Å². The summed E-state index contributed by atoms with van der Waals surface area (Å²) >= 11 is 0. The Hall–Kier alpha value is -2.64. The number of carbonyl (C=O) groups excluding carboxylic acids is 1. The van der Waals surface area contributed by atoms with E-state index in [-0.39, 0.29) is 30.6 Å². The lowest BCUT2D eigenvalue weighted by Crippen LogP contribution is -2.58. The van der Waals surface area contributed by atoms with Gasteiger partial charge in [-0.25, -0.2) is 0 Å². The number of ether oxygens (including phenoxy) is 2. The van der Waals surface area contributed by atoms with Crippen molar-refractivity contribution >= 4 is 5.91 Å². The van der Waals surface area contributed by atoms with Gasteiger partial charge >= 0.3 is 0 Å². The van der Waals surface area contributed by atoms with E-state index >= 15 is 0 Å². The normalized spacial score (nSPS) is 21.6. The van der Waals surface area contributed by atoms with Gasteiger partial charge in [-0.3, -0.25) is 9.59 Å². The van der Waals surface area contributed by atoms with Crippen molar-refractivity contribution in [3.8, 4) is 5.75 Å². The summed E-state index contributed by atoms with van der Waals surface area (Å²) in [5.74, 6) is -0.260. The second-order valence-electron chi connectivity index (χ2n) is 7.09. The molecule has 1 spiro atoms. The van der Waals surface area contributed by atoms with Gasteiger partial charge in [0.25, 0.3) is 5.91 Å². The lowest BCUT2D eigenvalue weighted by molar-refractivity contribution is 0.0330. The predicted molar refractivity (Wildman–Crippen MR) is 97.7 cm³/mol. The molecule has 7 heteroatoms. The van der Waals surface area contributed by atoms with Crippen LogP contribution in [0, 0.1) is 0 Å². The number of aromatic nitrogens is 1. The van der Waals surface area contributed by atoms with Gasteiger partial charge in [-0.1, -0.05) is 30.3 Å². The number of nitrogens with zero attached hydrogens (tertiary/aromatic N) is 2. The molecule has 1 amide bonds. The molecular weight excluding hydrogens is 348 g/mol. The Morgan fingerprint density at radius 1 is 1.26 bits per heavy atom. The van der Waals surface area contributed by atoms with E-state index in [1.807, 2.05) is 30.3 Å². The SMILES string of the molecule is CN1C(=O)c2c(OCc3ccccc3)c(=O)cc(CO)n2CC12CCOC2. The highest BCUT2D eigenvalue weighted by atomic mass is 16.5. The van der Waals surface area contributed by atoms with Crippen LogP contribution in [0.2, 0.25) is 0 Å². The van der Waals surface area contributed by atoms with Crippen molar-refractivity contribution in [3.05, 3.63) is 63.6 Å². The van der Waals surface area contributed by atoms with Crippen LogP contribution >= 0.6 is 0 Å². The van der Waals surface area contributed by atoms with Gasteiger partial charge in [-0.05, 0) is 12.0 Å². The van der Waals surface area contributed by atoms with Gasteiger partial charge in [0.05, 0.1) is 18.8 Å². The van der Waals surface area contributed by atoms with Crippen molar-refractivity contribution in [1.29, 1.82) is 0 Å². The number of amides is 1. The smallest absolute Gasteiger partial charge is 0.274 e. The van der Waals surface area contributed by atoms with Gasteiger partial charge in [0.1, 0.15) is 6.61 Å². The quantitative estimate of drug-likeness (QED) is 0.874. The predicted octanol–water partition coefficient (Wildman–Crippen LogP) is 1.16. The first-order chi connectivity index (χ1) is 13.1. The van der Waals surface area contributed by atoms with E-state index in [9.17, 15) is 14.7 Å². The summed E-state index contributed by atoms with van der Waals surface area (Å²) in [5, 5.41) is 9.74. The molecule has 4 rings (SSSR count). The zero-order chi connectivity index (χ0) is 19.0. The molecule has 3 heterocycles. The molecule has 2 aromatic rings. The van der Waals surface area contributed by atoms with Gasteiger partial charge in [-0.2, -0.15) is 0 Å². The molecular formula is C20H22N2O5. The first-order valence-electron chi connectivity index (χ1n) is 8.96. The summed E-state index contributed by atoms with van der Waals surface area (Å²) in [6.07, 6.45) is 0.714. The Kier molecular flexibility index (Phi) is 4.49. The fraction of sp³-hybridized carbons (Fsp3) is 0.400. The van der Waals surface area contributed by atoms with Gasteiger partial charge in [-0.15, -0.1) is 0 Å². The number of aliphatic hydroxyl groups excluding tert-OH is 1. The summed E-state index contributed by atoms with van der Waals surface area (Å²) in [6, 6.07) is 10.8. The molecule has 2 aliphatic rings. The molecule has 27 heavy (non-hydrogen) atoms. The summed E-state index contributed by atoms with van der Waals surface area (Å²) in [4.78, 5) is 27.4. The second-order valence-corrected chi connectivity index (χ2v) is 7.09. The highest BCUT2D eigenvalue weighted by molar-refractivity contribution is 5.96. The molecule has 1 N–H and O–H groups in total. The van der Waals surface area contributed by atoms with Crippen LogP contribution in [0.5, 0.6) is 5.75 Å². The Morgan fingerprint density at radius 3 is 2.70 bits per heavy atom. The number of rotatable bonds is 4. The van der Waals surface area contributed by atoms with Gasteiger partial charge in [0, 0.05) is 32.0 Å². The van der Waals surface area contributed by atoms with Crippen LogP contribution < -0.4 is 10.2 Å². The summed E-state index contributed by atoms with van der Waals surface area (Å²) in [7, 11) is 1.73. The molecule has 2 aliphatic heterocycles. The van der Waals surface area contributed by atoms with Gasteiger partial charge in [0.2, 0.25) is 5.43 Å². The number of benzene rings is 1. The Balaban J connectivity index is 1.78. The number of carbonyl (C=O) groups is 1. The first kappa shape index (κ1) is 17.8. The maximum Gasteiger partial charge on any atom is 0.274 e. The molecule has 1 atom stereocenters. The van der Waals surface area contributed by atoms with E-state index in [1.165, 1.54) is 6.07 Å². The third kappa shape index (κ3) is 2.93. The highest BCUT2D eigenvalue weighted by Crippen LogP contribution is 2.35. The lowest BCUT2D eigenvalue weighted by atomic mass is 9.92. The molecule has 0 bridgehead atoms. The van der Waals surface area contributed by atoms with E-state index in [0.29, 0.717) is 31.9 Å². The average molecular weight is 370 g/mol. The van der Waals surface area contributed by atoms with E-state index in [1.54, 1.807) is 16.5 Å². The lowest BCUT2D eigenvalue weighted by Gasteiger charge is -2.43. The standard InChI is InChI=1S/C20H22N2O5/c1-21-19(25)17-18(27-11-14-5-3-2-4-6-14)16(24)9-15(10-23)22(17)12-20(21)7-8-26-13-20/h2-6,9,23H,7-8,10-13H2,1H3. The molecule has 7 nitrogen and oxygen atoms in total. The van der Waals surface area contributed by atoms with E-state index in [4.69, 9.17) is 9.47 Å². The number of likely N-dealkylation sites (N-methyl/N-ethyl adjacent to an activating group) is 1. The third-order valence-corrected chi connectivity index (χ3v) is 5.49. The van der Waals surface area contributed by atoms with Crippen LogP contribution in [0.15, 0.2) is 41.2 Å². The second kappa shape index (κ2) is 6.83. The number of fused-ring (bicyclic) bond motifs is 1. The van der Waals surface area contributed by atoms with Crippen molar-refractivity contribution in [3.63, 3.8) is 0 Å². The zero-order valence-electron chi connectivity index (χ0n) is 15.2. The Morgan fingerprint density at radius 2 is 2.04 bits per heavy atom. The molecule has 0 saturated carbocycles. The molecule has 1 aromatic heterocycles. The largest absolute Gasteiger partial charge is 0.483 e. The fourth-order valence-corrected chi connectivity index (χ4v) is 3.83. The van der Waals surface area contributed by atoms with Crippen LogP contribution in [0.4, 0.5) is 0 Å². The molecule has 0 aliphatic carbocycles. The minimum absolute atomic E-state index is 0.0293. The van der Waals surface area contributed by atoms with Gasteiger partial charge < -0.3 is 24.0 Å². The molecule has 1 saturated heterocycles. The van der Waals surface area contributed by atoms with E-state index in [0.717, 1.165) is 5.56 Å². The van der Waals surface area contributed by atoms with Crippen molar-refractivity contribution in [1.82, 2.24) is 9.47 Å². The molecule has 0 radical (unpaired) electrons. The summed E-state index contributed by atoms with van der Waals surface area (Å²) < 4.78 is 13.1. The zero-order valence-corrected chi connectivity index (χ0v) is 15.2. The van der Waals surface area contributed by atoms with Crippen LogP contribution in [0.3, 0.4) is 0 Å². The highest BCUT2D eigenvalue weighted by Gasteiger charge is 2.47. The van der Waals surface area contributed by atoms with Crippen molar-refractivity contribution < 1.29 is 19.4 Å². The first-order valence-corrected chi connectivity index (χ1v) is 8.96. The van der Waals surface area contributed by atoms with Crippen LogP contribution in [-0.2, 0) is 24.5 Å². The number of hydrogen-bond donors (Lipinski definition) is 1. The van der Waals surface area contributed by atoms with Crippen LogP contribution in [0.25, 0.3) is 0 Å². The Bertz CT molecular complexity index is 916. The van der Waals surface area contributed by atoms with Crippen molar-refractivity contribution in [2.45, 2.75) is 31.7 Å². The Labute approximate surface area is 156 Å². The van der Waals surface area contributed by atoms with Crippen molar-refractivity contribution in [2.75, 3.05) is 20.3 Å². The molecule has 1 unspecified atom stereocenters. The molecule has 142 valence electrons. The third-order valence-electron chi connectivity index (χ3n) is 5.49. The average Bonchev–Trinajstić information content (AvgIpc) is 3.15. The maximum atomic E-state index is 13.2. The van der Waals surface area contributed by atoms with E-state index < -0.39 is 11.0 Å². The maximum absolute atomic E-state index is 13.2.